The molecule has 1 N–H and O–H groups in total. The summed E-state index contributed by atoms with van der Waals surface area (Å²) in [6.45, 7) is 9.67. The van der Waals surface area contributed by atoms with E-state index in [-0.39, 0.29) is 47.4 Å². The number of nitrogens with zero attached hydrogens (tertiary/aromatic N) is 9. The van der Waals surface area contributed by atoms with Gasteiger partial charge in [-0.3, -0.25) is 19.7 Å². The number of imide groups is 1. The fourth-order valence-electron chi connectivity index (χ4n) is 12.5. The van der Waals surface area contributed by atoms with Crippen molar-refractivity contribution < 1.29 is 31.9 Å². The summed E-state index contributed by atoms with van der Waals surface area (Å²) in [6.07, 6.45) is 5.53. The quantitative estimate of drug-likeness (QED) is 0.122. The molecule has 5 fully saturated rings. The van der Waals surface area contributed by atoms with Crippen LogP contribution in [0.1, 0.15) is 96.7 Å². The number of aryl methyl sites for hydroxylation is 2. The van der Waals surface area contributed by atoms with Crippen molar-refractivity contribution in [3.63, 3.8) is 0 Å². The first-order valence-corrected chi connectivity index (χ1v) is 23.8. The molecular formula is C50H56F4N10O3. The van der Waals surface area contributed by atoms with Gasteiger partial charge in [0.15, 0.2) is 5.82 Å². The standard InChI is InChI=1S/C50H56F4N10O3/c1-30-21-49(22-30,23-42-57-55-29-59(42)3)33-5-4-6-34(18-33)64-26-36-38(50(52,53)54)19-35(20-39(36)58-64)62-27-48(28-62)11-15-60(16-12-48)24-32-9-13-61(14-10-32)41-17-31(2)44-37(45(41)51)25-63(47(44)67)40-7-8-43(65)56-46(40)66/h4-6,17-20,26,29-30,32,40H,7-16,21-25,27-28H2,1-3H3,(H,56,65,66). The number of nitrogens with one attached hydrogen (secondary N) is 1. The van der Waals surface area contributed by atoms with Gasteiger partial charge in [-0.05, 0) is 118 Å². The van der Waals surface area contributed by atoms with Crippen molar-refractivity contribution in [2.24, 2.45) is 24.3 Å². The van der Waals surface area contributed by atoms with Gasteiger partial charge in [-0.15, -0.1) is 10.2 Å². The molecule has 17 heteroatoms. The fourth-order valence-corrected chi connectivity index (χ4v) is 12.5. The Morgan fingerprint density at radius 3 is 2.37 bits per heavy atom. The summed E-state index contributed by atoms with van der Waals surface area (Å²) >= 11 is 0. The number of carbonyl (C=O) groups excluding carboxylic acids is 3. The summed E-state index contributed by atoms with van der Waals surface area (Å²) < 4.78 is 64.1. The van der Waals surface area contributed by atoms with Gasteiger partial charge in [0, 0.05) is 86.3 Å². The first-order chi connectivity index (χ1) is 32.0. The molecule has 7 heterocycles. The summed E-state index contributed by atoms with van der Waals surface area (Å²) in [5.74, 6) is 0.259. The van der Waals surface area contributed by atoms with E-state index in [9.17, 15) is 27.6 Å². The van der Waals surface area contributed by atoms with Crippen LogP contribution in [0.25, 0.3) is 16.6 Å². The lowest BCUT2D eigenvalue weighted by Gasteiger charge is -2.55. The number of fused-ring (bicyclic) bond motifs is 2. The zero-order valence-electron chi connectivity index (χ0n) is 38.2. The molecule has 1 saturated carbocycles. The molecule has 6 aliphatic rings. The summed E-state index contributed by atoms with van der Waals surface area (Å²) in [6, 6.07) is 12.1. The van der Waals surface area contributed by atoms with E-state index < -0.39 is 29.5 Å². The number of benzene rings is 3. The highest BCUT2D eigenvalue weighted by Crippen LogP contribution is 2.50. The number of hydrogen-bond acceptors (Lipinski definition) is 9. The molecule has 5 aromatic rings. The van der Waals surface area contributed by atoms with Crippen molar-refractivity contribution in [2.45, 2.75) is 95.8 Å². The van der Waals surface area contributed by atoms with Crippen LogP contribution in [-0.4, -0.2) is 104 Å². The van der Waals surface area contributed by atoms with E-state index in [0.29, 0.717) is 71.6 Å². The molecule has 3 amide bonds. The number of likely N-dealkylation sites (tertiary alicyclic amines) is 1. The van der Waals surface area contributed by atoms with Crippen LogP contribution in [0.5, 0.6) is 0 Å². The van der Waals surface area contributed by atoms with Crippen LogP contribution in [-0.2, 0) is 41.2 Å². The molecule has 13 nitrogen and oxygen atoms in total. The summed E-state index contributed by atoms with van der Waals surface area (Å²) in [5, 5.41) is 15.6. The average Bonchev–Trinajstić information content (AvgIpc) is 4.00. The van der Waals surface area contributed by atoms with Gasteiger partial charge < -0.3 is 24.2 Å². The van der Waals surface area contributed by atoms with Gasteiger partial charge >= 0.3 is 6.18 Å². The van der Waals surface area contributed by atoms with Gasteiger partial charge in [0.1, 0.15) is 18.2 Å². The molecule has 11 rings (SSSR count). The fraction of sp³-hybridized carbons (Fsp3) is 0.520. The molecule has 1 aliphatic carbocycles. The van der Waals surface area contributed by atoms with Crippen molar-refractivity contribution in [3.05, 3.63) is 94.4 Å². The Labute approximate surface area is 386 Å². The maximum atomic E-state index is 16.2. The third-order valence-electron chi connectivity index (χ3n) is 16.2. The molecule has 3 aromatic carbocycles. The molecular weight excluding hydrogens is 865 g/mol. The van der Waals surface area contributed by atoms with E-state index in [1.165, 1.54) is 17.2 Å². The third-order valence-corrected chi connectivity index (χ3v) is 16.2. The van der Waals surface area contributed by atoms with Crippen LogP contribution >= 0.6 is 0 Å². The topological polar surface area (TPSA) is 125 Å². The van der Waals surface area contributed by atoms with Gasteiger partial charge in [-0.1, -0.05) is 19.1 Å². The van der Waals surface area contributed by atoms with Crippen LogP contribution in [0.3, 0.4) is 0 Å². The molecule has 2 aromatic heterocycles. The second-order valence-corrected chi connectivity index (χ2v) is 20.7. The highest BCUT2D eigenvalue weighted by atomic mass is 19.4. The predicted octanol–water partition coefficient (Wildman–Crippen LogP) is 7.11. The van der Waals surface area contributed by atoms with Crippen molar-refractivity contribution >= 4 is 40.0 Å². The highest BCUT2D eigenvalue weighted by molar-refractivity contribution is 6.06. The number of rotatable bonds is 9. The largest absolute Gasteiger partial charge is 0.417 e. The lowest BCUT2D eigenvalue weighted by Crippen LogP contribution is -2.60. The molecule has 0 radical (unpaired) electrons. The Balaban J connectivity index is 0.712. The normalized spacial score (nSPS) is 24.6. The van der Waals surface area contributed by atoms with Crippen LogP contribution < -0.4 is 15.1 Å². The van der Waals surface area contributed by atoms with Crippen LogP contribution in [0.2, 0.25) is 0 Å². The van der Waals surface area contributed by atoms with Crippen molar-refractivity contribution in [3.8, 4) is 5.69 Å². The minimum Gasteiger partial charge on any atom is -0.370 e. The Morgan fingerprint density at radius 2 is 1.69 bits per heavy atom. The summed E-state index contributed by atoms with van der Waals surface area (Å²) in [5.41, 5.74) is 3.81. The maximum Gasteiger partial charge on any atom is 0.417 e. The van der Waals surface area contributed by atoms with E-state index in [0.717, 1.165) is 81.7 Å². The Hall–Kier alpha value is -5.84. The van der Waals surface area contributed by atoms with E-state index in [1.54, 1.807) is 17.1 Å². The number of alkyl halides is 3. The van der Waals surface area contributed by atoms with E-state index >= 15 is 4.39 Å². The molecule has 1 spiro atoms. The van der Waals surface area contributed by atoms with Crippen molar-refractivity contribution in [1.29, 1.82) is 0 Å². The molecule has 352 valence electrons. The van der Waals surface area contributed by atoms with Crippen molar-refractivity contribution in [1.82, 2.24) is 39.7 Å². The molecule has 1 unspecified atom stereocenters. The van der Waals surface area contributed by atoms with Gasteiger partial charge in [0.25, 0.3) is 5.91 Å². The number of anilines is 2. The zero-order valence-corrected chi connectivity index (χ0v) is 38.2. The number of amides is 3. The molecule has 4 saturated heterocycles. The lowest BCUT2D eigenvalue weighted by atomic mass is 9.57. The van der Waals surface area contributed by atoms with E-state index in [4.69, 9.17) is 5.10 Å². The number of piperidine rings is 3. The number of carbonyl (C=O) groups is 3. The second-order valence-electron chi connectivity index (χ2n) is 20.7. The monoisotopic (exact) mass is 920 g/mol. The van der Waals surface area contributed by atoms with Gasteiger partial charge in [0.2, 0.25) is 11.8 Å². The maximum absolute atomic E-state index is 16.2. The molecule has 0 bridgehead atoms. The number of hydrogen-bond donors (Lipinski definition) is 1. The first kappa shape index (κ1) is 43.7. The lowest BCUT2D eigenvalue weighted by molar-refractivity contribution is -0.137. The van der Waals surface area contributed by atoms with Gasteiger partial charge in [-0.25, -0.2) is 9.07 Å². The highest BCUT2D eigenvalue weighted by Gasteiger charge is 2.47. The Morgan fingerprint density at radius 1 is 0.925 bits per heavy atom. The minimum absolute atomic E-state index is 0.00396. The van der Waals surface area contributed by atoms with Crippen LogP contribution in [0, 0.1) is 30.0 Å². The molecule has 5 aliphatic heterocycles. The van der Waals surface area contributed by atoms with Gasteiger partial charge in [0.05, 0.1) is 34.6 Å². The van der Waals surface area contributed by atoms with Gasteiger partial charge in [-0.2, -0.15) is 18.3 Å². The van der Waals surface area contributed by atoms with Crippen LogP contribution in [0.15, 0.2) is 55.0 Å². The Kier molecular flexibility index (Phi) is 10.5. The smallest absolute Gasteiger partial charge is 0.370 e. The average molecular weight is 921 g/mol. The zero-order chi connectivity index (χ0) is 46.6. The predicted molar refractivity (Wildman–Crippen MR) is 243 cm³/mol. The van der Waals surface area contributed by atoms with E-state index in [1.807, 2.05) is 36.7 Å². The first-order valence-electron chi connectivity index (χ1n) is 23.8. The van der Waals surface area contributed by atoms with E-state index in [2.05, 4.69) is 49.3 Å². The number of aromatic nitrogens is 5. The third kappa shape index (κ3) is 7.74. The second kappa shape index (κ2) is 16.2. The SMILES string of the molecule is Cc1cc(N2CCC(CN3CCC4(CC3)CN(c3cc(C(F)(F)F)c5cn(-c6cccc(C7(Cc8nncn8C)CC(C)C7)c6)nc5c3)C4)CC2)c(F)c2c1C(=O)N(C1CCC(=O)NC1=O)C2. The van der Waals surface area contributed by atoms with Crippen LogP contribution in [0.4, 0.5) is 28.9 Å². The summed E-state index contributed by atoms with van der Waals surface area (Å²) in [7, 11) is 1.94. The molecule has 1 atom stereocenters. The minimum atomic E-state index is -4.55. The molecule has 67 heavy (non-hydrogen) atoms. The van der Waals surface area contributed by atoms with Crippen molar-refractivity contribution in [2.75, 3.05) is 55.6 Å². The number of halogens is 4. The Bertz CT molecular complexity index is 2790. The summed E-state index contributed by atoms with van der Waals surface area (Å²) in [4.78, 5) is 45.8.